The van der Waals surface area contributed by atoms with Crippen molar-refractivity contribution in [1.29, 1.82) is 0 Å². The van der Waals surface area contributed by atoms with Crippen LogP contribution < -0.4 is 16.2 Å². The zero-order valence-electron chi connectivity index (χ0n) is 11.2. The minimum atomic E-state index is -0.0661. The zero-order valence-corrected chi connectivity index (χ0v) is 11.2. The second-order valence-electron chi connectivity index (χ2n) is 4.98. The average molecular weight is 236 g/mol. The van der Waals surface area contributed by atoms with Gasteiger partial charge in [-0.3, -0.25) is 0 Å². The van der Waals surface area contributed by atoms with Crippen molar-refractivity contribution in [2.24, 2.45) is 11.5 Å². The third-order valence-electron chi connectivity index (χ3n) is 2.95. The summed E-state index contributed by atoms with van der Waals surface area (Å²) in [4.78, 5) is 0. The second-order valence-corrected chi connectivity index (χ2v) is 4.98. The SMILES string of the molecule is COc1ccc(C(C)C)cc1C(N)CC(C)N. The Balaban J connectivity index is 3.05. The molecule has 3 nitrogen and oxygen atoms in total. The largest absolute Gasteiger partial charge is 0.496 e. The highest BCUT2D eigenvalue weighted by molar-refractivity contribution is 5.40. The van der Waals surface area contributed by atoms with Crippen molar-refractivity contribution in [3.8, 4) is 5.75 Å². The molecule has 0 saturated heterocycles. The monoisotopic (exact) mass is 236 g/mol. The summed E-state index contributed by atoms with van der Waals surface area (Å²) >= 11 is 0. The van der Waals surface area contributed by atoms with E-state index < -0.39 is 0 Å². The molecule has 0 bridgehead atoms. The molecule has 0 amide bonds. The van der Waals surface area contributed by atoms with E-state index in [9.17, 15) is 0 Å². The van der Waals surface area contributed by atoms with Crippen LogP contribution >= 0.6 is 0 Å². The standard InChI is InChI=1S/C14H24N2O/c1-9(2)11-5-6-14(17-4)12(8-11)13(16)7-10(3)15/h5-6,8-10,13H,7,15-16H2,1-4H3. The van der Waals surface area contributed by atoms with Gasteiger partial charge in [-0.25, -0.2) is 0 Å². The molecule has 3 heteroatoms. The van der Waals surface area contributed by atoms with Gasteiger partial charge >= 0.3 is 0 Å². The zero-order chi connectivity index (χ0) is 13.0. The lowest BCUT2D eigenvalue weighted by Crippen LogP contribution is -2.23. The van der Waals surface area contributed by atoms with Crippen molar-refractivity contribution in [1.82, 2.24) is 0 Å². The maximum Gasteiger partial charge on any atom is 0.123 e. The average Bonchev–Trinajstić information content (AvgIpc) is 2.27. The Kier molecular flexibility index (Phi) is 4.97. The molecule has 0 aliphatic carbocycles. The van der Waals surface area contributed by atoms with Crippen molar-refractivity contribution in [2.75, 3.05) is 7.11 Å². The first-order valence-corrected chi connectivity index (χ1v) is 6.14. The molecule has 0 radical (unpaired) electrons. The summed E-state index contributed by atoms with van der Waals surface area (Å²) in [5.74, 6) is 1.34. The van der Waals surface area contributed by atoms with Crippen LogP contribution in [0.1, 0.15) is 50.3 Å². The first kappa shape index (κ1) is 14.0. The number of ether oxygens (including phenoxy) is 1. The Morgan fingerprint density at radius 1 is 1.18 bits per heavy atom. The van der Waals surface area contributed by atoms with E-state index in [2.05, 4.69) is 26.0 Å². The topological polar surface area (TPSA) is 61.3 Å². The van der Waals surface area contributed by atoms with Crippen LogP contribution in [0.2, 0.25) is 0 Å². The van der Waals surface area contributed by atoms with Gasteiger partial charge in [-0.05, 0) is 30.9 Å². The lowest BCUT2D eigenvalue weighted by Gasteiger charge is -2.19. The Labute approximate surface area is 104 Å². The van der Waals surface area contributed by atoms with E-state index in [0.717, 1.165) is 17.7 Å². The van der Waals surface area contributed by atoms with E-state index >= 15 is 0 Å². The summed E-state index contributed by atoms with van der Waals surface area (Å²) in [5.41, 5.74) is 14.3. The molecule has 0 aliphatic heterocycles. The van der Waals surface area contributed by atoms with Crippen LogP contribution in [0, 0.1) is 0 Å². The smallest absolute Gasteiger partial charge is 0.123 e. The third-order valence-corrected chi connectivity index (χ3v) is 2.95. The van der Waals surface area contributed by atoms with Gasteiger partial charge in [0.2, 0.25) is 0 Å². The van der Waals surface area contributed by atoms with Crippen LogP contribution in [0.4, 0.5) is 0 Å². The van der Waals surface area contributed by atoms with Crippen LogP contribution in [0.3, 0.4) is 0 Å². The summed E-state index contributed by atoms with van der Waals surface area (Å²) in [7, 11) is 1.67. The van der Waals surface area contributed by atoms with Gasteiger partial charge in [0.15, 0.2) is 0 Å². The molecule has 0 heterocycles. The van der Waals surface area contributed by atoms with Crippen LogP contribution in [-0.4, -0.2) is 13.2 Å². The summed E-state index contributed by atoms with van der Waals surface area (Å²) in [6.07, 6.45) is 0.762. The molecule has 96 valence electrons. The molecular formula is C14H24N2O. The van der Waals surface area contributed by atoms with E-state index in [1.165, 1.54) is 5.56 Å². The molecule has 0 fully saturated rings. The highest BCUT2D eigenvalue weighted by Crippen LogP contribution is 2.29. The molecule has 0 aromatic heterocycles. The predicted octanol–water partition coefficient (Wildman–Crippen LogP) is 2.56. The Morgan fingerprint density at radius 3 is 2.29 bits per heavy atom. The fourth-order valence-electron chi connectivity index (χ4n) is 1.93. The fourth-order valence-corrected chi connectivity index (χ4v) is 1.93. The van der Waals surface area contributed by atoms with Crippen molar-refractivity contribution in [3.05, 3.63) is 29.3 Å². The second kappa shape index (κ2) is 6.03. The van der Waals surface area contributed by atoms with E-state index in [0.29, 0.717) is 5.92 Å². The normalized spacial score (nSPS) is 14.8. The Bertz CT molecular complexity index is 361. The van der Waals surface area contributed by atoms with E-state index in [4.69, 9.17) is 16.2 Å². The van der Waals surface area contributed by atoms with Crippen molar-refractivity contribution in [3.63, 3.8) is 0 Å². The maximum absolute atomic E-state index is 6.18. The van der Waals surface area contributed by atoms with Gasteiger partial charge in [-0.2, -0.15) is 0 Å². The quantitative estimate of drug-likeness (QED) is 0.826. The molecule has 4 N–H and O–H groups in total. The number of methoxy groups -OCH3 is 1. The summed E-state index contributed by atoms with van der Waals surface area (Å²) in [6, 6.07) is 6.24. The Morgan fingerprint density at radius 2 is 1.82 bits per heavy atom. The number of nitrogens with two attached hydrogens (primary N) is 2. The van der Waals surface area contributed by atoms with Crippen LogP contribution in [0.5, 0.6) is 5.75 Å². The van der Waals surface area contributed by atoms with Gasteiger partial charge in [0.1, 0.15) is 5.75 Å². The number of rotatable bonds is 5. The van der Waals surface area contributed by atoms with E-state index in [1.54, 1.807) is 7.11 Å². The summed E-state index contributed by atoms with van der Waals surface area (Å²) in [5, 5.41) is 0. The summed E-state index contributed by atoms with van der Waals surface area (Å²) < 4.78 is 5.36. The molecule has 1 aromatic rings. The fraction of sp³-hybridized carbons (Fsp3) is 0.571. The van der Waals surface area contributed by atoms with E-state index in [1.807, 2.05) is 13.0 Å². The minimum absolute atomic E-state index is 0.0661. The lowest BCUT2D eigenvalue weighted by atomic mass is 9.94. The highest BCUT2D eigenvalue weighted by Gasteiger charge is 2.15. The number of benzene rings is 1. The van der Waals surface area contributed by atoms with Crippen LogP contribution in [0.15, 0.2) is 18.2 Å². The maximum atomic E-state index is 6.18. The van der Waals surface area contributed by atoms with Gasteiger partial charge in [-0.15, -0.1) is 0 Å². The molecule has 0 aliphatic rings. The molecule has 1 aromatic carbocycles. The van der Waals surface area contributed by atoms with Gasteiger partial charge in [0, 0.05) is 17.6 Å². The van der Waals surface area contributed by atoms with Gasteiger partial charge in [-0.1, -0.05) is 26.0 Å². The van der Waals surface area contributed by atoms with Crippen molar-refractivity contribution in [2.45, 2.75) is 45.2 Å². The highest BCUT2D eigenvalue weighted by atomic mass is 16.5. The van der Waals surface area contributed by atoms with Crippen LogP contribution in [0.25, 0.3) is 0 Å². The molecule has 17 heavy (non-hydrogen) atoms. The molecule has 2 unspecified atom stereocenters. The number of hydrogen-bond donors (Lipinski definition) is 2. The molecule has 2 atom stereocenters. The van der Waals surface area contributed by atoms with Crippen molar-refractivity contribution < 1.29 is 4.74 Å². The Hall–Kier alpha value is -1.06. The number of hydrogen-bond acceptors (Lipinski definition) is 3. The molecule has 0 saturated carbocycles. The van der Waals surface area contributed by atoms with Crippen LogP contribution in [-0.2, 0) is 0 Å². The third kappa shape index (κ3) is 3.72. The summed E-state index contributed by atoms with van der Waals surface area (Å²) in [6.45, 7) is 6.31. The molecule has 1 rings (SSSR count). The van der Waals surface area contributed by atoms with Gasteiger partial charge < -0.3 is 16.2 Å². The minimum Gasteiger partial charge on any atom is -0.496 e. The van der Waals surface area contributed by atoms with E-state index in [-0.39, 0.29) is 12.1 Å². The predicted molar refractivity (Wildman–Crippen MR) is 72.3 cm³/mol. The molecular weight excluding hydrogens is 212 g/mol. The van der Waals surface area contributed by atoms with Gasteiger partial charge in [0.25, 0.3) is 0 Å². The lowest BCUT2D eigenvalue weighted by molar-refractivity contribution is 0.402. The molecule has 0 spiro atoms. The first-order valence-electron chi connectivity index (χ1n) is 6.14. The first-order chi connectivity index (χ1) is 7.95. The van der Waals surface area contributed by atoms with Crippen molar-refractivity contribution >= 4 is 0 Å². The van der Waals surface area contributed by atoms with Gasteiger partial charge in [0.05, 0.1) is 7.11 Å².